The van der Waals surface area contributed by atoms with Gasteiger partial charge in [-0.3, -0.25) is 4.79 Å². The minimum atomic E-state index is -0.513. The van der Waals surface area contributed by atoms with Crippen LogP contribution in [-0.2, 0) is 22.6 Å². The largest absolute Gasteiger partial charge is 0.508 e. The number of fused-ring (bicyclic) bond motifs is 1. The number of phenols is 1. The van der Waals surface area contributed by atoms with Gasteiger partial charge in [0.2, 0.25) is 0 Å². The van der Waals surface area contributed by atoms with Gasteiger partial charge in [0.15, 0.2) is 0 Å². The molecule has 0 aliphatic carbocycles. The molecule has 5 heteroatoms. The van der Waals surface area contributed by atoms with Crippen molar-refractivity contribution in [2.24, 2.45) is 0 Å². The first kappa shape index (κ1) is 15.8. The van der Waals surface area contributed by atoms with E-state index in [0.717, 1.165) is 5.56 Å². The van der Waals surface area contributed by atoms with E-state index in [4.69, 9.17) is 9.15 Å². The van der Waals surface area contributed by atoms with E-state index in [1.807, 2.05) is 30.3 Å². The molecule has 1 heterocycles. The summed E-state index contributed by atoms with van der Waals surface area (Å²) in [4.78, 5) is 23.5. The van der Waals surface area contributed by atoms with Crippen molar-refractivity contribution in [1.29, 1.82) is 0 Å². The Morgan fingerprint density at radius 3 is 2.67 bits per heavy atom. The number of carbonyl (C=O) groups is 1. The fourth-order valence-corrected chi connectivity index (χ4v) is 2.47. The number of benzene rings is 2. The van der Waals surface area contributed by atoms with Crippen molar-refractivity contribution in [2.75, 3.05) is 0 Å². The van der Waals surface area contributed by atoms with Crippen LogP contribution in [0.4, 0.5) is 0 Å². The number of aryl methyl sites for hydroxylation is 1. The second kappa shape index (κ2) is 7.00. The van der Waals surface area contributed by atoms with Crippen molar-refractivity contribution in [2.45, 2.75) is 19.4 Å². The van der Waals surface area contributed by atoms with Crippen LogP contribution in [0.3, 0.4) is 0 Å². The predicted molar refractivity (Wildman–Crippen MR) is 88.7 cm³/mol. The Morgan fingerprint density at radius 2 is 1.88 bits per heavy atom. The third-order valence-corrected chi connectivity index (χ3v) is 3.65. The molecule has 3 aromatic rings. The van der Waals surface area contributed by atoms with E-state index in [2.05, 4.69) is 0 Å². The molecule has 0 radical (unpaired) electrons. The molecule has 1 aromatic heterocycles. The molecule has 0 saturated carbocycles. The third kappa shape index (κ3) is 3.81. The molecule has 0 fully saturated rings. The van der Waals surface area contributed by atoms with E-state index < -0.39 is 5.63 Å². The number of rotatable bonds is 5. The maximum atomic E-state index is 11.9. The molecule has 0 spiro atoms. The fourth-order valence-electron chi connectivity index (χ4n) is 2.47. The van der Waals surface area contributed by atoms with Crippen LogP contribution in [-0.4, -0.2) is 11.1 Å². The summed E-state index contributed by atoms with van der Waals surface area (Å²) in [5.74, 6) is -0.316. The average molecular weight is 324 g/mol. The Kier molecular flexibility index (Phi) is 4.61. The van der Waals surface area contributed by atoms with Gasteiger partial charge in [-0.25, -0.2) is 4.79 Å². The molecule has 0 unspecified atom stereocenters. The highest BCUT2D eigenvalue weighted by Gasteiger charge is 2.10. The Morgan fingerprint density at radius 1 is 1.08 bits per heavy atom. The normalized spacial score (nSPS) is 10.7. The number of phenolic OH excluding ortho intramolecular Hbond substituents is 1. The molecule has 2 aromatic carbocycles. The molecular weight excluding hydrogens is 308 g/mol. The number of hydrogen-bond acceptors (Lipinski definition) is 5. The molecule has 0 aliphatic rings. The van der Waals surface area contributed by atoms with Gasteiger partial charge in [0.05, 0.1) is 0 Å². The number of hydrogen-bond donors (Lipinski definition) is 1. The van der Waals surface area contributed by atoms with E-state index in [9.17, 15) is 14.7 Å². The van der Waals surface area contributed by atoms with Crippen molar-refractivity contribution in [3.05, 3.63) is 76.1 Å². The number of carbonyl (C=O) groups excluding carboxylic acids is 1. The van der Waals surface area contributed by atoms with Gasteiger partial charge in [0, 0.05) is 23.9 Å². The molecule has 0 aliphatic heterocycles. The zero-order valence-corrected chi connectivity index (χ0v) is 12.9. The maximum absolute atomic E-state index is 11.9. The Bertz CT molecular complexity index is 912. The molecular formula is C19H16O5. The second-order valence-corrected chi connectivity index (χ2v) is 5.42. The summed E-state index contributed by atoms with van der Waals surface area (Å²) in [5.41, 5.74) is 1.40. The smallest absolute Gasteiger partial charge is 0.336 e. The zero-order chi connectivity index (χ0) is 16.9. The number of esters is 1. The molecule has 0 bridgehead atoms. The van der Waals surface area contributed by atoms with Crippen molar-refractivity contribution in [3.8, 4) is 5.75 Å². The molecule has 0 amide bonds. The van der Waals surface area contributed by atoms with E-state index in [-0.39, 0.29) is 24.7 Å². The first-order valence-electron chi connectivity index (χ1n) is 7.57. The van der Waals surface area contributed by atoms with Gasteiger partial charge in [0.25, 0.3) is 0 Å². The molecule has 122 valence electrons. The van der Waals surface area contributed by atoms with Gasteiger partial charge >= 0.3 is 11.6 Å². The summed E-state index contributed by atoms with van der Waals surface area (Å²) in [6.07, 6.45) is 0.521. The van der Waals surface area contributed by atoms with Crippen LogP contribution in [0.1, 0.15) is 17.5 Å². The van der Waals surface area contributed by atoms with Gasteiger partial charge in [-0.05, 0) is 29.7 Å². The number of ether oxygens (including phenoxy) is 1. The van der Waals surface area contributed by atoms with Crippen LogP contribution in [0.25, 0.3) is 11.0 Å². The predicted octanol–water partition coefficient (Wildman–Crippen LogP) is 3.17. The summed E-state index contributed by atoms with van der Waals surface area (Å²) < 4.78 is 10.3. The van der Waals surface area contributed by atoms with Crippen LogP contribution >= 0.6 is 0 Å². The molecule has 3 rings (SSSR count). The highest BCUT2D eigenvalue weighted by atomic mass is 16.5. The van der Waals surface area contributed by atoms with E-state index in [1.54, 1.807) is 6.07 Å². The lowest BCUT2D eigenvalue weighted by atomic mass is 10.1. The monoisotopic (exact) mass is 324 g/mol. The summed E-state index contributed by atoms with van der Waals surface area (Å²) in [6.45, 7) is 0.227. The average Bonchev–Trinajstić information content (AvgIpc) is 2.58. The summed E-state index contributed by atoms with van der Waals surface area (Å²) >= 11 is 0. The van der Waals surface area contributed by atoms with Gasteiger partial charge in [-0.1, -0.05) is 30.3 Å². The third-order valence-electron chi connectivity index (χ3n) is 3.65. The van der Waals surface area contributed by atoms with E-state index in [1.165, 1.54) is 18.2 Å². The van der Waals surface area contributed by atoms with E-state index in [0.29, 0.717) is 23.0 Å². The van der Waals surface area contributed by atoms with Crippen LogP contribution in [0.15, 0.2) is 63.8 Å². The Labute approximate surface area is 138 Å². The van der Waals surface area contributed by atoms with Crippen LogP contribution in [0, 0.1) is 0 Å². The lowest BCUT2D eigenvalue weighted by molar-refractivity contribution is -0.144. The van der Waals surface area contributed by atoms with Crippen molar-refractivity contribution < 1.29 is 19.1 Å². The van der Waals surface area contributed by atoms with Gasteiger partial charge < -0.3 is 14.3 Å². The van der Waals surface area contributed by atoms with Crippen LogP contribution in [0.5, 0.6) is 5.75 Å². The number of aromatic hydroxyl groups is 1. The fraction of sp³-hybridized carbons (Fsp3) is 0.158. The zero-order valence-electron chi connectivity index (χ0n) is 12.9. The van der Waals surface area contributed by atoms with Gasteiger partial charge in [0.1, 0.15) is 17.9 Å². The molecule has 5 nitrogen and oxygen atoms in total. The van der Waals surface area contributed by atoms with Crippen LogP contribution in [0.2, 0.25) is 0 Å². The maximum Gasteiger partial charge on any atom is 0.336 e. The van der Waals surface area contributed by atoms with Crippen molar-refractivity contribution in [3.63, 3.8) is 0 Å². The molecule has 24 heavy (non-hydrogen) atoms. The summed E-state index contributed by atoms with van der Waals surface area (Å²) in [7, 11) is 0. The highest BCUT2D eigenvalue weighted by Crippen LogP contribution is 2.22. The second-order valence-electron chi connectivity index (χ2n) is 5.42. The first-order valence-corrected chi connectivity index (χ1v) is 7.57. The summed E-state index contributed by atoms with van der Waals surface area (Å²) in [5, 5.41) is 10.2. The highest BCUT2D eigenvalue weighted by molar-refractivity contribution is 5.82. The lowest BCUT2D eigenvalue weighted by Crippen LogP contribution is -2.07. The molecule has 1 N–H and O–H groups in total. The van der Waals surface area contributed by atoms with Crippen LogP contribution < -0.4 is 5.63 Å². The van der Waals surface area contributed by atoms with Crippen molar-refractivity contribution >= 4 is 16.9 Å². The van der Waals surface area contributed by atoms with Gasteiger partial charge in [-0.15, -0.1) is 0 Å². The van der Waals surface area contributed by atoms with Crippen molar-refractivity contribution in [1.82, 2.24) is 0 Å². The topological polar surface area (TPSA) is 76.7 Å². The quantitative estimate of drug-likeness (QED) is 0.576. The van der Waals surface area contributed by atoms with E-state index >= 15 is 0 Å². The lowest BCUT2D eigenvalue weighted by Gasteiger charge is -2.07. The minimum Gasteiger partial charge on any atom is -0.508 e. The SMILES string of the molecule is O=C(CCc1cc(=O)oc2cc(O)ccc12)OCc1ccccc1. The standard InChI is InChI=1S/C19H16O5/c20-15-7-8-16-14(10-19(22)24-17(16)11-15)6-9-18(21)23-12-13-4-2-1-3-5-13/h1-5,7-8,10-11,20H,6,9,12H2. The molecule has 0 atom stereocenters. The molecule has 0 saturated heterocycles. The Balaban J connectivity index is 1.67. The summed E-state index contributed by atoms with van der Waals surface area (Å²) in [6, 6.07) is 15.4. The Hall–Kier alpha value is -3.08. The first-order chi connectivity index (χ1) is 11.6. The minimum absolute atomic E-state index is 0.0186. The van der Waals surface area contributed by atoms with Gasteiger partial charge in [-0.2, -0.15) is 0 Å².